The zero-order valence-corrected chi connectivity index (χ0v) is 8.49. The number of rotatable bonds is 6. The van der Waals surface area contributed by atoms with E-state index in [9.17, 15) is 14.7 Å². The first-order valence-electron chi connectivity index (χ1n) is 4.46. The summed E-state index contributed by atoms with van der Waals surface area (Å²) in [6, 6.07) is 0. The maximum absolute atomic E-state index is 11.2. The maximum Gasteiger partial charge on any atom is 0.249 e. The highest BCUT2D eigenvalue weighted by Gasteiger charge is 2.32. The van der Waals surface area contributed by atoms with Crippen LogP contribution in [-0.2, 0) is 9.59 Å². The van der Waals surface area contributed by atoms with Gasteiger partial charge in [-0.05, 0) is 0 Å². The topological polar surface area (TPSA) is 86.6 Å². The lowest BCUT2D eigenvalue weighted by Crippen LogP contribution is -2.45. The SMILES string of the molecule is CC(C)(CO)C(O)C(=O)NCCC=O. The van der Waals surface area contributed by atoms with Crippen LogP contribution >= 0.6 is 0 Å². The van der Waals surface area contributed by atoms with Crippen molar-refractivity contribution in [1.82, 2.24) is 5.32 Å². The van der Waals surface area contributed by atoms with Gasteiger partial charge in [-0.25, -0.2) is 0 Å². The van der Waals surface area contributed by atoms with Crippen molar-refractivity contribution in [2.24, 2.45) is 5.41 Å². The highest BCUT2D eigenvalue weighted by Crippen LogP contribution is 2.19. The van der Waals surface area contributed by atoms with Crippen molar-refractivity contribution in [2.45, 2.75) is 26.4 Å². The molecule has 82 valence electrons. The lowest BCUT2D eigenvalue weighted by molar-refractivity contribution is -0.137. The Morgan fingerprint density at radius 3 is 2.57 bits per heavy atom. The molecule has 1 atom stereocenters. The molecular formula is C9H17NO4. The van der Waals surface area contributed by atoms with E-state index in [2.05, 4.69) is 5.32 Å². The summed E-state index contributed by atoms with van der Waals surface area (Å²) < 4.78 is 0. The van der Waals surface area contributed by atoms with Crippen LogP contribution in [0.3, 0.4) is 0 Å². The molecule has 0 spiro atoms. The molecule has 0 aliphatic carbocycles. The van der Waals surface area contributed by atoms with E-state index < -0.39 is 17.4 Å². The van der Waals surface area contributed by atoms with Crippen LogP contribution in [0, 0.1) is 5.41 Å². The van der Waals surface area contributed by atoms with Gasteiger partial charge in [-0.3, -0.25) is 4.79 Å². The number of carbonyl (C=O) groups is 2. The summed E-state index contributed by atoms with van der Waals surface area (Å²) in [6.45, 7) is 3.09. The van der Waals surface area contributed by atoms with Crippen molar-refractivity contribution >= 4 is 12.2 Å². The molecule has 0 aromatic rings. The van der Waals surface area contributed by atoms with Crippen molar-refractivity contribution in [1.29, 1.82) is 0 Å². The van der Waals surface area contributed by atoms with E-state index in [1.807, 2.05) is 0 Å². The average Bonchev–Trinajstić information content (AvgIpc) is 2.17. The largest absolute Gasteiger partial charge is 0.396 e. The molecule has 1 unspecified atom stereocenters. The normalized spacial score (nSPS) is 13.4. The van der Waals surface area contributed by atoms with E-state index in [0.29, 0.717) is 6.29 Å². The van der Waals surface area contributed by atoms with Gasteiger partial charge < -0.3 is 20.3 Å². The molecule has 0 bridgehead atoms. The van der Waals surface area contributed by atoms with Gasteiger partial charge in [-0.1, -0.05) is 13.8 Å². The van der Waals surface area contributed by atoms with E-state index in [4.69, 9.17) is 5.11 Å². The minimum atomic E-state index is -1.26. The lowest BCUT2D eigenvalue weighted by atomic mass is 9.87. The molecule has 0 saturated carbocycles. The first-order valence-corrected chi connectivity index (χ1v) is 4.46. The Hall–Kier alpha value is -0.940. The van der Waals surface area contributed by atoms with Gasteiger partial charge >= 0.3 is 0 Å². The number of nitrogens with one attached hydrogen (secondary N) is 1. The number of aldehydes is 1. The second-order valence-electron chi connectivity index (χ2n) is 3.80. The number of aliphatic hydroxyl groups excluding tert-OH is 2. The molecule has 14 heavy (non-hydrogen) atoms. The van der Waals surface area contributed by atoms with Crippen LogP contribution in [0.1, 0.15) is 20.3 Å². The Kier molecular flexibility index (Phi) is 5.34. The molecular weight excluding hydrogens is 186 g/mol. The Bertz CT molecular complexity index is 203. The third-order valence-electron chi connectivity index (χ3n) is 1.96. The third kappa shape index (κ3) is 3.85. The second-order valence-corrected chi connectivity index (χ2v) is 3.80. The molecule has 0 radical (unpaired) electrons. The van der Waals surface area contributed by atoms with Crippen molar-refractivity contribution < 1.29 is 19.8 Å². The molecule has 0 rings (SSSR count). The van der Waals surface area contributed by atoms with E-state index in [1.54, 1.807) is 13.8 Å². The molecule has 0 heterocycles. The smallest absolute Gasteiger partial charge is 0.249 e. The zero-order valence-electron chi connectivity index (χ0n) is 8.49. The molecule has 1 amide bonds. The second kappa shape index (κ2) is 5.72. The van der Waals surface area contributed by atoms with Gasteiger partial charge in [0.1, 0.15) is 12.4 Å². The Morgan fingerprint density at radius 1 is 1.57 bits per heavy atom. The fourth-order valence-corrected chi connectivity index (χ4v) is 0.792. The minimum absolute atomic E-state index is 0.209. The van der Waals surface area contributed by atoms with Crippen LogP contribution in [0.25, 0.3) is 0 Å². The van der Waals surface area contributed by atoms with Gasteiger partial charge in [-0.15, -0.1) is 0 Å². The molecule has 0 aliphatic heterocycles. The molecule has 5 heteroatoms. The van der Waals surface area contributed by atoms with Gasteiger partial charge in [-0.2, -0.15) is 0 Å². The Labute approximate surface area is 83.1 Å². The maximum atomic E-state index is 11.2. The summed E-state index contributed by atoms with van der Waals surface area (Å²) in [5, 5.41) is 20.8. The Morgan fingerprint density at radius 2 is 2.14 bits per heavy atom. The van der Waals surface area contributed by atoms with Gasteiger partial charge in [0.05, 0.1) is 6.61 Å². The summed E-state index contributed by atoms with van der Waals surface area (Å²) in [5.41, 5.74) is -0.870. The summed E-state index contributed by atoms with van der Waals surface area (Å²) in [6.07, 6.45) is -0.360. The lowest BCUT2D eigenvalue weighted by Gasteiger charge is -2.26. The molecule has 0 aromatic heterocycles. The average molecular weight is 203 g/mol. The predicted octanol–water partition coefficient (Wildman–Crippen LogP) is -0.929. The van der Waals surface area contributed by atoms with Crippen molar-refractivity contribution in [3.63, 3.8) is 0 Å². The number of carbonyl (C=O) groups excluding carboxylic acids is 2. The van der Waals surface area contributed by atoms with Crippen LogP contribution in [0.15, 0.2) is 0 Å². The monoisotopic (exact) mass is 203 g/mol. The molecule has 0 aromatic carbocycles. The highest BCUT2D eigenvalue weighted by atomic mass is 16.3. The molecule has 5 nitrogen and oxygen atoms in total. The van der Waals surface area contributed by atoms with Gasteiger partial charge in [0.25, 0.3) is 0 Å². The minimum Gasteiger partial charge on any atom is -0.396 e. The fourth-order valence-electron chi connectivity index (χ4n) is 0.792. The van der Waals surface area contributed by atoms with E-state index >= 15 is 0 Å². The fraction of sp³-hybridized carbons (Fsp3) is 0.778. The van der Waals surface area contributed by atoms with Crippen LogP contribution in [-0.4, -0.2) is 41.7 Å². The number of hydrogen-bond donors (Lipinski definition) is 3. The van der Waals surface area contributed by atoms with Crippen molar-refractivity contribution in [3.05, 3.63) is 0 Å². The summed E-state index contributed by atoms with van der Waals surface area (Å²) in [4.78, 5) is 21.2. The van der Waals surface area contributed by atoms with E-state index in [0.717, 1.165) is 0 Å². The first kappa shape index (κ1) is 13.1. The van der Waals surface area contributed by atoms with Crippen LogP contribution < -0.4 is 5.32 Å². The molecule has 0 saturated heterocycles. The number of aliphatic hydroxyl groups is 2. The standard InChI is InChI=1S/C9H17NO4/c1-9(2,6-12)7(13)8(14)10-4-3-5-11/h5,7,12-13H,3-4,6H2,1-2H3,(H,10,14). The quantitative estimate of drug-likeness (QED) is 0.384. The van der Waals surface area contributed by atoms with E-state index in [-0.39, 0.29) is 19.6 Å². The summed E-state index contributed by atoms with van der Waals surface area (Å²) in [5.74, 6) is -0.564. The molecule has 0 fully saturated rings. The summed E-state index contributed by atoms with van der Waals surface area (Å²) >= 11 is 0. The summed E-state index contributed by atoms with van der Waals surface area (Å²) in [7, 11) is 0. The van der Waals surface area contributed by atoms with Crippen molar-refractivity contribution in [2.75, 3.05) is 13.2 Å². The van der Waals surface area contributed by atoms with E-state index in [1.165, 1.54) is 0 Å². The predicted molar refractivity (Wildman–Crippen MR) is 50.6 cm³/mol. The molecule has 0 aliphatic rings. The van der Waals surface area contributed by atoms with Crippen LogP contribution in [0.4, 0.5) is 0 Å². The van der Waals surface area contributed by atoms with Crippen LogP contribution in [0.2, 0.25) is 0 Å². The zero-order chi connectivity index (χ0) is 11.2. The van der Waals surface area contributed by atoms with Crippen LogP contribution in [0.5, 0.6) is 0 Å². The number of amides is 1. The van der Waals surface area contributed by atoms with Gasteiger partial charge in [0.2, 0.25) is 5.91 Å². The van der Waals surface area contributed by atoms with Crippen molar-refractivity contribution in [3.8, 4) is 0 Å². The third-order valence-corrected chi connectivity index (χ3v) is 1.96. The van der Waals surface area contributed by atoms with Gasteiger partial charge in [0, 0.05) is 18.4 Å². The molecule has 3 N–H and O–H groups in total. The van der Waals surface area contributed by atoms with Gasteiger partial charge in [0.15, 0.2) is 0 Å². The first-order chi connectivity index (χ1) is 6.45. The number of hydrogen-bond acceptors (Lipinski definition) is 4. The Balaban J connectivity index is 4.05. The highest BCUT2D eigenvalue weighted by molar-refractivity contribution is 5.81.